The van der Waals surface area contributed by atoms with Gasteiger partial charge in [-0.1, -0.05) is 0 Å². The van der Waals surface area contributed by atoms with Crippen LogP contribution in [0, 0.1) is 0 Å². The van der Waals surface area contributed by atoms with E-state index < -0.39 is 43.7 Å². The largest absolute Gasteiger partial charge is 0.475 e. The number of ketones is 1. The molecule has 29 heavy (non-hydrogen) atoms. The molecule has 1 amide bonds. The van der Waals surface area contributed by atoms with E-state index >= 15 is 0 Å². The van der Waals surface area contributed by atoms with E-state index in [0.29, 0.717) is 0 Å². The Morgan fingerprint density at radius 3 is 2.83 bits per heavy atom. The zero-order valence-electron chi connectivity index (χ0n) is 16.4. The van der Waals surface area contributed by atoms with Gasteiger partial charge in [-0.3, -0.25) is 32.9 Å². The molecule has 12 heteroatoms. The Hall–Kier alpha value is -1.62. The standard InChI is InChI=1S/C17H25N2O9P/c1-10(2)26-14(22)5-7-24-29(23)25-9-12-15(28-29)17(3,18)16(27-12)19-6-4-11(20)8-13(19)21/h4,6,10,12,15-16H,5,7-9,18H2,1-3H3/t12-,15-,16-,17-,29-/m1/s1. The highest BCUT2D eigenvalue weighted by Crippen LogP contribution is 2.57. The molecule has 3 heterocycles. The van der Waals surface area contributed by atoms with Crippen molar-refractivity contribution in [2.45, 2.75) is 63.7 Å². The van der Waals surface area contributed by atoms with E-state index in [1.54, 1.807) is 20.8 Å². The number of carbonyl (C=O) groups excluding carboxylic acids is 3. The van der Waals surface area contributed by atoms with Gasteiger partial charge in [0.15, 0.2) is 12.0 Å². The van der Waals surface area contributed by atoms with Crippen molar-refractivity contribution in [3.63, 3.8) is 0 Å². The van der Waals surface area contributed by atoms with Crippen LogP contribution in [0.3, 0.4) is 0 Å². The molecule has 3 rings (SSSR count). The molecule has 2 saturated heterocycles. The topological polar surface area (TPSA) is 144 Å². The number of nitrogens with zero attached hydrogens (tertiary/aromatic N) is 1. The van der Waals surface area contributed by atoms with Crippen LogP contribution >= 0.6 is 7.82 Å². The number of ether oxygens (including phenoxy) is 2. The molecule has 3 aliphatic heterocycles. The maximum atomic E-state index is 12.8. The SMILES string of the molecule is CC(C)OC(=O)CCO[P@]1(=O)OC[C@H]2O[C@@H](N3C=CC(=O)CC3=O)[C@](C)(N)[C@@H]2O1. The Labute approximate surface area is 168 Å². The lowest BCUT2D eigenvalue weighted by atomic mass is 9.92. The fourth-order valence-corrected chi connectivity index (χ4v) is 4.80. The minimum absolute atomic E-state index is 0.122. The second kappa shape index (κ2) is 8.25. The summed E-state index contributed by atoms with van der Waals surface area (Å²) in [5.74, 6) is -1.27. The van der Waals surface area contributed by atoms with Crippen LogP contribution in [0.2, 0.25) is 0 Å². The molecule has 2 N–H and O–H groups in total. The highest BCUT2D eigenvalue weighted by molar-refractivity contribution is 7.48. The average Bonchev–Trinajstić information content (AvgIpc) is 2.85. The second-order valence-corrected chi connectivity index (χ2v) is 9.17. The molecule has 11 nitrogen and oxygen atoms in total. The lowest BCUT2D eigenvalue weighted by Crippen LogP contribution is -2.60. The number of hydrogen-bond acceptors (Lipinski definition) is 10. The van der Waals surface area contributed by atoms with E-state index in [1.807, 2.05) is 0 Å². The van der Waals surface area contributed by atoms with Crippen LogP contribution in [-0.2, 0) is 42.0 Å². The molecule has 0 aromatic heterocycles. The first-order valence-corrected chi connectivity index (χ1v) is 10.7. The zero-order valence-corrected chi connectivity index (χ0v) is 17.3. The number of amides is 1. The zero-order chi connectivity index (χ0) is 21.4. The van der Waals surface area contributed by atoms with Crippen LogP contribution in [0.15, 0.2) is 12.3 Å². The molecule has 0 unspecified atom stereocenters. The lowest BCUT2D eigenvalue weighted by Gasteiger charge is -2.38. The van der Waals surface area contributed by atoms with Crippen molar-refractivity contribution in [1.29, 1.82) is 0 Å². The van der Waals surface area contributed by atoms with Crippen LogP contribution in [-0.4, -0.2) is 65.9 Å². The van der Waals surface area contributed by atoms with E-state index in [9.17, 15) is 18.9 Å². The molecule has 0 aromatic carbocycles. The molecule has 0 bridgehead atoms. The molecule has 0 radical (unpaired) electrons. The summed E-state index contributed by atoms with van der Waals surface area (Å²) >= 11 is 0. The summed E-state index contributed by atoms with van der Waals surface area (Å²) in [5.41, 5.74) is 5.13. The minimum Gasteiger partial charge on any atom is -0.463 e. The van der Waals surface area contributed by atoms with Crippen LogP contribution in [0.5, 0.6) is 0 Å². The number of allylic oxidation sites excluding steroid dienone is 1. The first kappa shape index (κ1) is 22.1. The molecule has 2 fully saturated rings. The van der Waals surface area contributed by atoms with Crippen molar-refractivity contribution >= 4 is 25.5 Å². The predicted octanol–water partition coefficient (Wildman–Crippen LogP) is 0.626. The third-order valence-corrected chi connectivity index (χ3v) is 6.09. The Kier molecular flexibility index (Phi) is 6.28. The van der Waals surface area contributed by atoms with Gasteiger partial charge in [0.25, 0.3) is 0 Å². The number of carbonyl (C=O) groups is 3. The Morgan fingerprint density at radius 2 is 2.17 bits per heavy atom. The van der Waals surface area contributed by atoms with Crippen molar-refractivity contribution in [1.82, 2.24) is 4.90 Å². The van der Waals surface area contributed by atoms with Gasteiger partial charge < -0.3 is 15.2 Å². The van der Waals surface area contributed by atoms with Gasteiger partial charge in [-0.25, -0.2) is 4.57 Å². The molecule has 0 saturated carbocycles. The number of rotatable bonds is 6. The fraction of sp³-hybridized carbons (Fsp3) is 0.706. The van der Waals surface area contributed by atoms with E-state index in [1.165, 1.54) is 17.2 Å². The number of phosphoric acid groups is 1. The van der Waals surface area contributed by atoms with Crippen LogP contribution in [0.1, 0.15) is 33.6 Å². The summed E-state index contributed by atoms with van der Waals surface area (Å²) in [6, 6.07) is 0. The second-order valence-electron chi connectivity index (χ2n) is 7.54. The van der Waals surface area contributed by atoms with Gasteiger partial charge in [0.2, 0.25) is 5.91 Å². The summed E-state index contributed by atoms with van der Waals surface area (Å²) in [6.45, 7) is 4.67. The maximum Gasteiger partial charge on any atom is 0.475 e. The summed E-state index contributed by atoms with van der Waals surface area (Å²) in [6.07, 6.45) is -0.613. The molecule has 0 aliphatic carbocycles. The van der Waals surface area contributed by atoms with Crippen LogP contribution < -0.4 is 5.73 Å². The highest BCUT2D eigenvalue weighted by Gasteiger charge is 2.60. The molecule has 162 valence electrons. The number of fused-ring (bicyclic) bond motifs is 1. The first-order valence-electron chi connectivity index (χ1n) is 9.25. The van der Waals surface area contributed by atoms with E-state index in [0.717, 1.165) is 0 Å². The Balaban J connectivity index is 1.64. The third kappa shape index (κ3) is 4.76. The number of nitrogens with two attached hydrogens (primary N) is 1. The highest BCUT2D eigenvalue weighted by atomic mass is 31.2. The van der Waals surface area contributed by atoms with Gasteiger partial charge in [-0.05, 0) is 26.8 Å². The van der Waals surface area contributed by atoms with Crippen LogP contribution in [0.25, 0.3) is 0 Å². The normalized spacial score (nSPS) is 37.1. The smallest absolute Gasteiger partial charge is 0.463 e. The van der Waals surface area contributed by atoms with E-state index in [-0.39, 0.29) is 37.9 Å². The number of phosphoric ester groups is 1. The molecule has 3 aliphatic rings. The summed E-state index contributed by atoms with van der Waals surface area (Å²) < 4.78 is 39.5. The van der Waals surface area contributed by atoms with Crippen molar-refractivity contribution in [2.75, 3.05) is 13.2 Å². The Morgan fingerprint density at radius 1 is 1.45 bits per heavy atom. The van der Waals surface area contributed by atoms with Gasteiger partial charge in [0.05, 0.1) is 37.7 Å². The van der Waals surface area contributed by atoms with Gasteiger partial charge in [0, 0.05) is 6.20 Å². The summed E-state index contributed by atoms with van der Waals surface area (Å²) in [5, 5.41) is 0. The van der Waals surface area contributed by atoms with Crippen LogP contribution in [0.4, 0.5) is 0 Å². The lowest BCUT2D eigenvalue weighted by molar-refractivity contribution is -0.149. The van der Waals surface area contributed by atoms with Crippen molar-refractivity contribution in [2.24, 2.45) is 5.73 Å². The van der Waals surface area contributed by atoms with Crippen molar-refractivity contribution in [3.05, 3.63) is 12.3 Å². The summed E-state index contributed by atoms with van der Waals surface area (Å²) in [4.78, 5) is 36.4. The van der Waals surface area contributed by atoms with Crippen molar-refractivity contribution in [3.8, 4) is 0 Å². The minimum atomic E-state index is -3.99. The molecule has 0 spiro atoms. The maximum absolute atomic E-state index is 12.8. The average molecular weight is 432 g/mol. The number of hydrogen-bond donors (Lipinski definition) is 1. The monoisotopic (exact) mass is 432 g/mol. The molecular formula is C17H25N2O9P. The predicted molar refractivity (Wildman–Crippen MR) is 97.1 cm³/mol. The van der Waals surface area contributed by atoms with Gasteiger partial charge in [-0.2, -0.15) is 0 Å². The number of esters is 1. The fourth-order valence-electron chi connectivity index (χ4n) is 3.32. The molecular weight excluding hydrogens is 407 g/mol. The first-order chi connectivity index (χ1) is 13.5. The van der Waals surface area contributed by atoms with Crippen molar-refractivity contribution < 1.29 is 42.0 Å². The van der Waals surface area contributed by atoms with Gasteiger partial charge in [-0.15, -0.1) is 0 Å². The summed E-state index contributed by atoms with van der Waals surface area (Å²) in [7, 11) is -3.99. The third-order valence-electron chi connectivity index (χ3n) is 4.64. The van der Waals surface area contributed by atoms with Gasteiger partial charge >= 0.3 is 13.8 Å². The Bertz CT molecular complexity index is 766. The van der Waals surface area contributed by atoms with E-state index in [4.69, 9.17) is 28.8 Å². The van der Waals surface area contributed by atoms with Gasteiger partial charge in [0.1, 0.15) is 12.2 Å². The quantitative estimate of drug-likeness (QED) is 0.360. The van der Waals surface area contributed by atoms with E-state index in [2.05, 4.69) is 0 Å². The molecule has 0 aromatic rings. The molecule has 5 atom stereocenters.